The van der Waals surface area contributed by atoms with Crippen molar-refractivity contribution in [2.24, 2.45) is 0 Å². The molecule has 0 unspecified atom stereocenters. The van der Waals surface area contributed by atoms with E-state index in [1.165, 1.54) is 18.2 Å². The summed E-state index contributed by atoms with van der Waals surface area (Å²) in [4.78, 5) is 12.5. The second kappa shape index (κ2) is 7.82. The Hall–Kier alpha value is -2.18. The molecule has 0 atom stereocenters. The zero-order chi connectivity index (χ0) is 19.7. The van der Waals surface area contributed by atoms with E-state index in [-0.39, 0.29) is 18.1 Å². The van der Waals surface area contributed by atoms with E-state index in [0.29, 0.717) is 15.2 Å². The van der Waals surface area contributed by atoms with E-state index in [1.54, 1.807) is 4.68 Å². The zero-order valence-electron chi connectivity index (χ0n) is 15.1. The molecule has 0 saturated heterocycles. The van der Waals surface area contributed by atoms with E-state index < -0.39 is 0 Å². The first-order chi connectivity index (χ1) is 12.8. The molecule has 2 aromatic carbocycles. The van der Waals surface area contributed by atoms with Crippen molar-refractivity contribution in [2.45, 2.75) is 27.2 Å². The van der Waals surface area contributed by atoms with Crippen LogP contribution in [0.15, 0.2) is 40.9 Å². The van der Waals surface area contributed by atoms with Crippen LogP contribution in [0.2, 0.25) is 5.02 Å². The maximum atomic E-state index is 13.2. The molecule has 0 spiro atoms. The van der Waals surface area contributed by atoms with Crippen molar-refractivity contribution in [3.05, 3.63) is 74.2 Å². The van der Waals surface area contributed by atoms with Crippen molar-refractivity contribution in [1.82, 2.24) is 9.78 Å². The quantitative estimate of drug-likeness (QED) is 0.568. The Morgan fingerprint density at radius 3 is 2.63 bits per heavy atom. The number of aryl methyl sites for hydroxylation is 2. The number of nitrogens with zero attached hydrogens (tertiary/aromatic N) is 2. The third-order valence-electron chi connectivity index (χ3n) is 4.38. The molecule has 4 nitrogen and oxygen atoms in total. The SMILES string of the molecule is Cc1ccc(-n2nc(C)c(CC(=O)Nc3ccc(F)cc3Br)c2C)cc1Cl. The number of rotatable bonds is 4. The van der Waals surface area contributed by atoms with Crippen LogP contribution in [-0.4, -0.2) is 15.7 Å². The van der Waals surface area contributed by atoms with E-state index in [9.17, 15) is 9.18 Å². The van der Waals surface area contributed by atoms with E-state index in [0.717, 1.165) is 28.2 Å². The van der Waals surface area contributed by atoms with Gasteiger partial charge in [0.1, 0.15) is 5.82 Å². The lowest BCUT2D eigenvalue weighted by Gasteiger charge is -2.09. The highest BCUT2D eigenvalue weighted by molar-refractivity contribution is 9.10. The van der Waals surface area contributed by atoms with Gasteiger partial charge in [0.15, 0.2) is 0 Å². The molecule has 0 bridgehead atoms. The van der Waals surface area contributed by atoms with Crippen LogP contribution in [0.25, 0.3) is 5.69 Å². The molecule has 0 fully saturated rings. The van der Waals surface area contributed by atoms with Crippen LogP contribution in [-0.2, 0) is 11.2 Å². The summed E-state index contributed by atoms with van der Waals surface area (Å²) in [5, 5.41) is 8.02. The Morgan fingerprint density at radius 2 is 1.96 bits per heavy atom. The Morgan fingerprint density at radius 1 is 1.22 bits per heavy atom. The van der Waals surface area contributed by atoms with Crippen LogP contribution in [0.1, 0.15) is 22.5 Å². The summed E-state index contributed by atoms with van der Waals surface area (Å²) in [7, 11) is 0. The molecule has 1 aromatic heterocycles. The standard InChI is InChI=1S/C20H18BrClFN3O/c1-11-4-6-15(9-18(11)22)26-13(3)16(12(2)25-26)10-20(27)24-19-7-5-14(23)8-17(19)21/h4-9H,10H2,1-3H3,(H,24,27). The second-order valence-electron chi connectivity index (χ2n) is 6.34. The van der Waals surface area contributed by atoms with Gasteiger partial charge in [0, 0.05) is 20.8 Å². The van der Waals surface area contributed by atoms with Gasteiger partial charge in [-0.15, -0.1) is 0 Å². The van der Waals surface area contributed by atoms with Crippen molar-refractivity contribution in [1.29, 1.82) is 0 Å². The number of anilines is 1. The molecule has 0 aliphatic carbocycles. The Bertz CT molecular complexity index is 1030. The van der Waals surface area contributed by atoms with Crippen LogP contribution in [0, 0.1) is 26.6 Å². The zero-order valence-corrected chi connectivity index (χ0v) is 17.4. The first-order valence-corrected chi connectivity index (χ1v) is 9.50. The van der Waals surface area contributed by atoms with Gasteiger partial charge in [0.05, 0.1) is 23.5 Å². The summed E-state index contributed by atoms with van der Waals surface area (Å²) in [6, 6.07) is 9.87. The summed E-state index contributed by atoms with van der Waals surface area (Å²) in [5.41, 5.74) is 4.86. The molecule has 1 N–H and O–H groups in total. The summed E-state index contributed by atoms with van der Waals surface area (Å²) in [5.74, 6) is -0.570. The van der Waals surface area contributed by atoms with Gasteiger partial charge in [-0.2, -0.15) is 5.10 Å². The van der Waals surface area contributed by atoms with Crippen LogP contribution in [0.5, 0.6) is 0 Å². The lowest BCUT2D eigenvalue weighted by atomic mass is 10.1. The Labute approximate surface area is 170 Å². The fourth-order valence-corrected chi connectivity index (χ4v) is 3.47. The van der Waals surface area contributed by atoms with Crippen molar-refractivity contribution in [2.75, 3.05) is 5.32 Å². The molecule has 1 amide bonds. The van der Waals surface area contributed by atoms with Crippen molar-refractivity contribution < 1.29 is 9.18 Å². The number of carbonyl (C=O) groups is 1. The molecule has 0 aliphatic rings. The van der Waals surface area contributed by atoms with Gasteiger partial charge in [-0.3, -0.25) is 4.79 Å². The molecule has 27 heavy (non-hydrogen) atoms. The number of halogens is 3. The van der Waals surface area contributed by atoms with Gasteiger partial charge in [0.25, 0.3) is 0 Å². The highest BCUT2D eigenvalue weighted by atomic mass is 79.9. The lowest BCUT2D eigenvalue weighted by Crippen LogP contribution is -2.15. The minimum absolute atomic E-state index is 0.168. The van der Waals surface area contributed by atoms with Gasteiger partial charge in [-0.25, -0.2) is 9.07 Å². The fraction of sp³-hybridized carbons (Fsp3) is 0.200. The van der Waals surface area contributed by atoms with Crippen molar-refractivity contribution >= 4 is 39.1 Å². The molecule has 0 saturated carbocycles. The predicted molar refractivity (Wildman–Crippen MR) is 109 cm³/mol. The molecule has 0 radical (unpaired) electrons. The highest BCUT2D eigenvalue weighted by Gasteiger charge is 2.17. The fourth-order valence-electron chi connectivity index (χ4n) is 2.84. The van der Waals surface area contributed by atoms with E-state index in [2.05, 4.69) is 26.3 Å². The molecule has 7 heteroatoms. The average molecular weight is 451 g/mol. The topological polar surface area (TPSA) is 46.9 Å². The molecule has 3 aromatic rings. The lowest BCUT2D eigenvalue weighted by molar-refractivity contribution is -0.115. The van der Waals surface area contributed by atoms with Gasteiger partial charge in [-0.1, -0.05) is 17.7 Å². The molecule has 140 valence electrons. The summed E-state index contributed by atoms with van der Waals surface area (Å²) >= 11 is 9.48. The second-order valence-corrected chi connectivity index (χ2v) is 7.61. The number of benzene rings is 2. The number of aromatic nitrogens is 2. The summed E-state index contributed by atoms with van der Waals surface area (Å²) < 4.78 is 15.5. The number of nitrogens with one attached hydrogen (secondary N) is 1. The van der Waals surface area contributed by atoms with Crippen LogP contribution in [0.3, 0.4) is 0 Å². The first kappa shape index (κ1) is 19.6. The maximum Gasteiger partial charge on any atom is 0.228 e. The third kappa shape index (κ3) is 4.22. The van der Waals surface area contributed by atoms with Crippen molar-refractivity contribution in [3.63, 3.8) is 0 Å². The van der Waals surface area contributed by atoms with Crippen LogP contribution >= 0.6 is 27.5 Å². The van der Waals surface area contributed by atoms with Crippen LogP contribution < -0.4 is 5.32 Å². The average Bonchev–Trinajstić information content (AvgIpc) is 2.88. The first-order valence-electron chi connectivity index (χ1n) is 8.33. The van der Waals surface area contributed by atoms with Gasteiger partial charge in [0.2, 0.25) is 5.91 Å². The van der Waals surface area contributed by atoms with E-state index in [1.807, 2.05) is 39.0 Å². The third-order valence-corrected chi connectivity index (χ3v) is 5.45. The van der Waals surface area contributed by atoms with Gasteiger partial charge in [-0.05, 0) is 72.6 Å². The molecule has 0 aliphatic heterocycles. The molecule has 3 rings (SSSR count). The smallest absolute Gasteiger partial charge is 0.228 e. The minimum atomic E-state index is -0.371. The number of hydrogen-bond acceptors (Lipinski definition) is 2. The highest BCUT2D eigenvalue weighted by Crippen LogP contribution is 2.25. The summed E-state index contributed by atoms with van der Waals surface area (Å²) in [6.45, 7) is 5.73. The molecular weight excluding hydrogens is 433 g/mol. The summed E-state index contributed by atoms with van der Waals surface area (Å²) in [6.07, 6.45) is 0.168. The van der Waals surface area contributed by atoms with Crippen LogP contribution in [0.4, 0.5) is 10.1 Å². The monoisotopic (exact) mass is 449 g/mol. The number of carbonyl (C=O) groups excluding carboxylic acids is 1. The normalized spacial score (nSPS) is 10.9. The van der Waals surface area contributed by atoms with Gasteiger partial charge < -0.3 is 5.32 Å². The number of hydrogen-bond donors (Lipinski definition) is 1. The Kier molecular flexibility index (Phi) is 5.67. The predicted octanol–water partition coefficient (Wildman–Crippen LogP) is 5.53. The van der Waals surface area contributed by atoms with Gasteiger partial charge >= 0.3 is 0 Å². The minimum Gasteiger partial charge on any atom is -0.325 e. The maximum absolute atomic E-state index is 13.2. The number of amides is 1. The molecular formula is C20H18BrClFN3O. The largest absolute Gasteiger partial charge is 0.325 e. The molecule has 1 heterocycles. The van der Waals surface area contributed by atoms with E-state index >= 15 is 0 Å². The van der Waals surface area contributed by atoms with Crippen molar-refractivity contribution in [3.8, 4) is 5.69 Å². The van der Waals surface area contributed by atoms with E-state index in [4.69, 9.17) is 11.6 Å². The Balaban J connectivity index is 1.84.